The van der Waals surface area contributed by atoms with E-state index in [1.54, 1.807) is 0 Å². The lowest BCUT2D eigenvalue weighted by Crippen LogP contribution is -2.12. The normalized spacial score (nSPS) is 12.2. The molecule has 158 valence electrons. The molecule has 0 fully saturated rings. The van der Waals surface area contributed by atoms with Gasteiger partial charge in [0.15, 0.2) is 5.78 Å². The highest BCUT2D eigenvalue weighted by Gasteiger charge is 2.23. The Morgan fingerprint density at radius 2 is 1.73 bits per heavy atom. The zero-order valence-electron chi connectivity index (χ0n) is 17.5. The van der Waals surface area contributed by atoms with Crippen LogP contribution in [0.25, 0.3) is 10.9 Å². The first kappa shape index (κ1) is 22.1. The molecule has 0 unspecified atom stereocenters. The number of carboxylic acid groups (broad SMARTS) is 1. The SMILES string of the molecule is C[C@@H](CC(=O)O)CC(=O)c1c(CCCCc2ccccc2)n(C)c2ccc(Cl)cc12. The van der Waals surface area contributed by atoms with Crippen molar-refractivity contribution in [1.82, 2.24) is 4.57 Å². The largest absolute Gasteiger partial charge is 0.481 e. The van der Waals surface area contributed by atoms with Gasteiger partial charge in [-0.25, -0.2) is 0 Å². The summed E-state index contributed by atoms with van der Waals surface area (Å²) in [6.07, 6.45) is 4.02. The standard InChI is InChI=1S/C25H28ClNO3/c1-17(15-24(29)30)14-23(28)25-20-16-19(26)12-13-21(20)27(2)22(25)11-7-6-10-18-8-4-3-5-9-18/h3-5,8-9,12-13,16-17H,6-7,10-11,14-15H2,1-2H3,(H,29,30)/t17-/m1/s1. The molecule has 2 aromatic carbocycles. The van der Waals surface area contributed by atoms with Gasteiger partial charge in [-0.3, -0.25) is 9.59 Å². The van der Waals surface area contributed by atoms with Gasteiger partial charge in [0.05, 0.1) is 0 Å². The molecule has 0 aliphatic heterocycles. The minimum Gasteiger partial charge on any atom is -0.481 e. The maximum Gasteiger partial charge on any atom is 0.303 e. The van der Waals surface area contributed by atoms with Crippen molar-refractivity contribution in [2.24, 2.45) is 13.0 Å². The fourth-order valence-electron chi connectivity index (χ4n) is 4.13. The van der Waals surface area contributed by atoms with Crippen LogP contribution in [0.5, 0.6) is 0 Å². The van der Waals surface area contributed by atoms with Crippen molar-refractivity contribution in [3.8, 4) is 0 Å². The van der Waals surface area contributed by atoms with E-state index in [1.807, 2.05) is 38.2 Å². The molecule has 4 nitrogen and oxygen atoms in total. The van der Waals surface area contributed by atoms with Gasteiger partial charge in [-0.05, 0) is 55.4 Å². The number of carbonyl (C=O) groups excluding carboxylic acids is 1. The number of aromatic nitrogens is 1. The average molecular weight is 426 g/mol. The van der Waals surface area contributed by atoms with Crippen LogP contribution >= 0.6 is 11.6 Å². The quantitative estimate of drug-likeness (QED) is 0.316. The molecule has 5 heteroatoms. The highest BCUT2D eigenvalue weighted by Crippen LogP contribution is 2.31. The summed E-state index contributed by atoms with van der Waals surface area (Å²) in [6.45, 7) is 1.81. The number of carbonyl (C=O) groups is 2. The van der Waals surface area contributed by atoms with Crippen LogP contribution < -0.4 is 0 Å². The van der Waals surface area contributed by atoms with Gasteiger partial charge < -0.3 is 9.67 Å². The van der Waals surface area contributed by atoms with Crippen LogP contribution in [-0.2, 0) is 24.7 Å². The van der Waals surface area contributed by atoms with E-state index in [0.29, 0.717) is 10.6 Å². The van der Waals surface area contributed by atoms with Gasteiger partial charge in [0.1, 0.15) is 0 Å². The predicted molar refractivity (Wildman–Crippen MR) is 121 cm³/mol. The maximum atomic E-state index is 13.2. The van der Waals surface area contributed by atoms with Gasteiger partial charge in [-0.1, -0.05) is 48.9 Å². The number of ketones is 1. The molecular weight excluding hydrogens is 398 g/mol. The Morgan fingerprint density at radius 3 is 2.43 bits per heavy atom. The lowest BCUT2D eigenvalue weighted by Gasteiger charge is -2.11. The topological polar surface area (TPSA) is 59.3 Å². The molecule has 1 N–H and O–H groups in total. The van der Waals surface area contributed by atoms with Crippen LogP contribution in [0.15, 0.2) is 48.5 Å². The van der Waals surface area contributed by atoms with Crippen molar-refractivity contribution in [2.45, 2.75) is 45.4 Å². The summed E-state index contributed by atoms with van der Waals surface area (Å²) in [5.41, 5.74) is 4.01. The van der Waals surface area contributed by atoms with Crippen LogP contribution in [0.2, 0.25) is 5.02 Å². The van der Waals surface area contributed by atoms with Crippen LogP contribution in [0.1, 0.15) is 54.2 Å². The summed E-state index contributed by atoms with van der Waals surface area (Å²) in [4.78, 5) is 24.2. The van der Waals surface area contributed by atoms with Crippen LogP contribution in [-0.4, -0.2) is 21.4 Å². The third kappa shape index (κ3) is 5.31. The third-order valence-electron chi connectivity index (χ3n) is 5.59. The number of nitrogens with zero attached hydrogens (tertiary/aromatic N) is 1. The van der Waals surface area contributed by atoms with Crippen molar-refractivity contribution in [1.29, 1.82) is 0 Å². The Balaban J connectivity index is 1.82. The van der Waals surface area contributed by atoms with Crippen LogP contribution in [0.4, 0.5) is 0 Å². The Morgan fingerprint density at radius 1 is 1.03 bits per heavy atom. The average Bonchev–Trinajstić information content (AvgIpc) is 2.96. The van der Waals surface area contributed by atoms with Crippen molar-refractivity contribution >= 4 is 34.3 Å². The van der Waals surface area contributed by atoms with Crippen molar-refractivity contribution in [3.63, 3.8) is 0 Å². The molecule has 3 rings (SSSR count). The zero-order chi connectivity index (χ0) is 21.7. The minimum absolute atomic E-state index is 0.00493. The fraction of sp³-hybridized carbons (Fsp3) is 0.360. The summed E-state index contributed by atoms with van der Waals surface area (Å²) in [5, 5.41) is 10.5. The molecular formula is C25H28ClNO3. The lowest BCUT2D eigenvalue weighted by atomic mass is 9.94. The number of fused-ring (bicyclic) bond motifs is 1. The monoisotopic (exact) mass is 425 g/mol. The molecule has 0 spiro atoms. The first-order chi connectivity index (χ1) is 14.4. The molecule has 0 aliphatic carbocycles. The molecule has 0 saturated heterocycles. The number of Topliss-reactive ketones (excluding diaryl/α,β-unsaturated/α-hetero) is 1. The number of aliphatic carboxylic acids is 1. The van der Waals surface area contributed by atoms with E-state index >= 15 is 0 Å². The van der Waals surface area contributed by atoms with Gasteiger partial charge in [0.2, 0.25) is 0 Å². The zero-order valence-corrected chi connectivity index (χ0v) is 18.3. The van der Waals surface area contributed by atoms with E-state index in [1.165, 1.54) is 5.56 Å². The van der Waals surface area contributed by atoms with Crippen molar-refractivity contribution in [2.75, 3.05) is 0 Å². The first-order valence-electron chi connectivity index (χ1n) is 10.4. The Kier molecular flexibility index (Phi) is 7.33. The summed E-state index contributed by atoms with van der Waals surface area (Å²) in [6, 6.07) is 16.0. The Hall–Kier alpha value is -2.59. The summed E-state index contributed by atoms with van der Waals surface area (Å²) in [7, 11) is 1.99. The highest BCUT2D eigenvalue weighted by molar-refractivity contribution is 6.31. The van der Waals surface area contributed by atoms with Gasteiger partial charge in [-0.2, -0.15) is 0 Å². The molecule has 0 aliphatic rings. The molecule has 0 saturated carbocycles. The first-order valence-corrected chi connectivity index (χ1v) is 10.8. The summed E-state index contributed by atoms with van der Waals surface area (Å²) < 4.78 is 2.09. The number of hydrogen-bond acceptors (Lipinski definition) is 2. The number of rotatable bonds is 10. The van der Waals surface area contributed by atoms with Crippen molar-refractivity contribution < 1.29 is 14.7 Å². The number of aryl methyl sites for hydroxylation is 2. The second kappa shape index (κ2) is 9.94. The molecule has 1 atom stereocenters. The second-order valence-electron chi connectivity index (χ2n) is 8.07. The number of halogens is 1. The third-order valence-corrected chi connectivity index (χ3v) is 5.83. The Bertz CT molecular complexity index is 1040. The van der Waals surface area contributed by atoms with E-state index in [2.05, 4.69) is 28.8 Å². The van der Waals surface area contributed by atoms with E-state index in [4.69, 9.17) is 16.7 Å². The lowest BCUT2D eigenvalue weighted by molar-refractivity contribution is -0.137. The van der Waals surface area contributed by atoms with Gasteiger partial charge in [0, 0.05) is 47.1 Å². The summed E-state index contributed by atoms with van der Waals surface area (Å²) >= 11 is 6.23. The van der Waals surface area contributed by atoms with E-state index in [-0.39, 0.29) is 24.5 Å². The number of hydrogen-bond donors (Lipinski definition) is 1. The molecule has 30 heavy (non-hydrogen) atoms. The molecule has 1 heterocycles. The summed E-state index contributed by atoms with van der Waals surface area (Å²) in [5.74, 6) is -1.09. The predicted octanol–water partition coefficient (Wildman–Crippen LogP) is 6.08. The smallest absolute Gasteiger partial charge is 0.303 e. The van der Waals surface area contributed by atoms with E-state index in [0.717, 1.165) is 42.3 Å². The molecule has 3 aromatic rings. The highest BCUT2D eigenvalue weighted by atomic mass is 35.5. The minimum atomic E-state index is -0.877. The van der Waals surface area contributed by atoms with E-state index in [9.17, 15) is 9.59 Å². The molecule has 0 bridgehead atoms. The van der Waals surface area contributed by atoms with E-state index < -0.39 is 5.97 Å². The maximum absolute atomic E-state index is 13.2. The number of carboxylic acids is 1. The van der Waals surface area contributed by atoms with Gasteiger partial charge in [-0.15, -0.1) is 0 Å². The Labute approximate surface area is 182 Å². The van der Waals surface area contributed by atoms with Gasteiger partial charge >= 0.3 is 5.97 Å². The van der Waals surface area contributed by atoms with Crippen LogP contribution in [0.3, 0.4) is 0 Å². The fourth-order valence-corrected chi connectivity index (χ4v) is 4.30. The molecule has 0 radical (unpaired) electrons. The van der Waals surface area contributed by atoms with Gasteiger partial charge in [0.25, 0.3) is 0 Å². The van der Waals surface area contributed by atoms with Crippen LogP contribution in [0, 0.1) is 5.92 Å². The molecule has 0 amide bonds. The second-order valence-corrected chi connectivity index (χ2v) is 8.50. The molecule has 1 aromatic heterocycles. The van der Waals surface area contributed by atoms with Crippen molar-refractivity contribution in [3.05, 3.63) is 70.4 Å². The number of unbranched alkanes of at least 4 members (excludes halogenated alkanes) is 1. The number of benzene rings is 2.